The lowest BCUT2D eigenvalue weighted by Crippen LogP contribution is -2.27. The maximum atomic E-state index is 12.7. The zero-order chi connectivity index (χ0) is 24.8. The van der Waals surface area contributed by atoms with Gasteiger partial charge in [0, 0.05) is 28.8 Å². The number of aliphatic hydroxyl groups is 1. The zero-order valence-corrected chi connectivity index (χ0v) is 20.1. The SMILES string of the molecule is C=C(O)Cc1ccc(CC)c(Oc2ccc(NC(=O)C(C)(C)C)cc2CSCC(F)(F)F)c1. The fourth-order valence-corrected chi connectivity index (χ4v) is 3.69. The molecule has 0 aliphatic carbocycles. The van der Waals surface area contributed by atoms with Crippen molar-refractivity contribution in [1.29, 1.82) is 0 Å². The van der Waals surface area contributed by atoms with Crippen molar-refractivity contribution in [2.75, 3.05) is 11.1 Å². The number of allylic oxidation sites excluding steroid dienone is 1. The van der Waals surface area contributed by atoms with Crippen LogP contribution in [0.1, 0.15) is 44.4 Å². The molecule has 0 aliphatic heterocycles. The summed E-state index contributed by atoms with van der Waals surface area (Å²) in [4.78, 5) is 12.4. The molecule has 2 N–H and O–H groups in total. The quantitative estimate of drug-likeness (QED) is 0.366. The molecule has 0 spiro atoms. The van der Waals surface area contributed by atoms with Crippen molar-refractivity contribution in [2.24, 2.45) is 5.41 Å². The number of ether oxygens (including phenoxy) is 1. The van der Waals surface area contributed by atoms with E-state index in [-0.39, 0.29) is 23.8 Å². The fraction of sp³-hybridized carbons (Fsp3) is 0.400. The normalized spacial score (nSPS) is 11.8. The molecule has 0 radical (unpaired) electrons. The van der Waals surface area contributed by atoms with E-state index in [2.05, 4.69) is 11.9 Å². The van der Waals surface area contributed by atoms with E-state index in [1.807, 2.05) is 19.1 Å². The fourth-order valence-electron chi connectivity index (χ4n) is 2.91. The number of anilines is 1. The minimum absolute atomic E-state index is 0.0216. The molecule has 33 heavy (non-hydrogen) atoms. The average Bonchev–Trinajstić information content (AvgIpc) is 2.68. The maximum Gasteiger partial charge on any atom is 0.397 e. The number of thioether (sulfide) groups is 1. The highest BCUT2D eigenvalue weighted by Crippen LogP contribution is 2.35. The Hall–Kier alpha value is -2.61. The van der Waals surface area contributed by atoms with E-state index < -0.39 is 17.3 Å². The smallest absolute Gasteiger partial charge is 0.397 e. The van der Waals surface area contributed by atoms with E-state index >= 15 is 0 Å². The molecule has 2 aromatic rings. The van der Waals surface area contributed by atoms with Gasteiger partial charge in [-0.2, -0.15) is 13.2 Å². The van der Waals surface area contributed by atoms with Gasteiger partial charge in [0.05, 0.1) is 11.5 Å². The van der Waals surface area contributed by atoms with E-state index in [9.17, 15) is 23.1 Å². The predicted octanol–water partition coefficient (Wildman–Crippen LogP) is 7.44. The van der Waals surface area contributed by atoms with E-state index in [1.54, 1.807) is 45.0 Å². The standard InChI is InChI=1S/C25H30F3NO3S/c1-6-18-8-7-17(11-16(2)30)12-22(18)32-21-10-9-20(29-23(31)24(3,4)5)13-19(21)14-33-15-25(26,27)28/h7-10,12-13,30H,2,6,11,14-15H2,1,3-5H3,(H,29,31). The highest BCUT2D eigenvalue weighted by atomic mass is 32.2. The highest BCUT2D eigenvalue weighted by molar-refractivity contribution is 7.98. The molecule has 180 valence electrons. The van der Waals surface area contributed by atoms with Crippen LogP contribution in [0.3, 0.4) is 0 Å². The Morgan fingerprint density at radius 3 is 2.36 bits per heavy atom. The summed E-state index contributed by atoms with van der Waals surface area (Å²) >= 11 is 0.730. The summed E-state index contributed by atoms with van der Waals surface area (Å²) < 4.78 is 44.2. The van der Waals surface area contributed by atoms with Crippen molar-refractivity contribution in [3.8, 4) is 11.5 Å². The number of nitrogens with one attached hydrogen (secondary N) is 1. The molecule has 0 aromatic heterocycles. The Kier molecular flexibility index (Phi) is 8.89. The monoisotopic (exact) mass is 481 g/mol. The van der Waals surface area contributed by atoms with Gasteiger partial charge in [0.25, 0.3) is 0 Å². The Bertz CT molecular complexity index is 997. The Labute approximate surface area is 197 Å². The number of rotatable bonds is 9. The van der Waals surface area contributed by atoms with Gasteiger partial charge in [-0.25, -0.2) is 0 Å². The number of aliphatic hydroxyl groups excluding tert-OH is 1. The molecule has 0 bridgehead atoms. The van der Waals surface area contributed by atoms with Gasteiger partial charge < -0.3 is 15.2 Å². The molecule has 4 nitrogen and oxygen atoms in total. The largest absolute Gasteiger partial charge is 0.513 e. The van der Waals surface area contributed by atoms with Crippen LogP contribution in [0.5, 0.6) is 11.5 Å². The minimum Gasteiger partial charge on any atom is -0.513 e. The number of benzene rings is 2. The summed E-state index contributed by atoms with van der Waals surface area (Å²) in [6.07, 6.45) is -3.32. The van der Waals surface area contributed by atoms with E-state index in [0.717, 1.165) is 22.9 Å². The molecule has 2 aromatic carbocycles. The number of aryl methyl sites for hydroxylation is 1. The summed E-state index contributed by atoms with van der Waals surface area (Å²) in [5.41, 5.74) is 2.13. The van der Waals surface area contributed by atoms with Crippen LogP contribution in [0.4, 0.5) is 18.9 Å². The summed E-state index contributed by atoms with van der Waals surface area (Å²) in [5, 5.41) is 12.3. The molecule has 8 heteroatoms. The van der Waals surface area contributed by atoms with E-state index in [0.29, 0.717) is 29.2 Å². The lowest BCUT2D eigenvalue weighted by molar-refractivity contribution is -0.123. The number of amides is 1. The van der Waals surface area contributed by atoms with E-state index in [1.165, 1.54) is 0 Å². The molecular formula is C25H30F3NO3S. The number of halogens is 3. The van der Waals surface area contributed by atoms with Crippen LogP contribution in [-0.4, -0.2) is 22.9 Å². The molecule has 0 saturated heterocycles. The number of carbonyl (C=O) groups excluding carboxylic acids is 1. The summed E-state index contributed by atoms with van der Waals surface area (Å²) in [6.45, 7) is 10.8. The molecule has 0 saturated carbocycles. The summed E-state index contributed by atoms with van der Waals surface area (Å²) in [7, 11) is 0. The lowest BCUT2D eigenvalue weighted by atomic mass is 9.95. The Balaban J connectivity index is 2.37. The first-order valence-corrected chi connectivity index (χ1v) is 11.7. The molecule has 0 atom stereocenters. The summed E-state index contributed by atoms with van der Waals surface area (Å²) in [6, 6.07) is 10.5. The van der Waals surface area contributed by atoms with Crippen molar-refractivity contribution < 1.29 is 27.8 Å². The molecule has 0 aliphatic rings. The minimum atomic E-state index is -4.28. The zero-order valence-electron chi connectivity index (χ0n) is 19.3. The van der Waals surface area contributed by atoms with E-state index in [4.69, 9.17) is 4.74 Å². The molecular weight excluding hydrogens is 451 g/mol. The summed E-state index contributed by atoms with van der Waals surface area (Å²) in [5.74, 6) is -0.135. The van der Waals surface area contributed by atoms with Crippen LogP contribution in [0.15, 0.2) is 48.7 Å². The van der Waals surface area contributed by atoms with Crippen LogP contribution in [-0.2, 0) is 23.4 Å². The number of hydrogen-bond acceptors (Lipinski definition) is 4. The maximum absolute atomic E-state index is 12.7. The second-order valence-corrected chi connectivity index (χ2v) is 9.76. The van der Waals surface area contributed by atoms with Gasteiger partial charge in [-0.05, 0) is 41.8 Å². The van der Waals surface area contributed by atoms with Crippen molar-refractivity contribution in [1.82, 2.24) is 0 Å². The lowest BCUT2D eigenvalue weighted by Gasteiger charge is -2.19. The molecule has 0 heterocycles. The van der Waals surface area contributed by atoms with Crippen LogP contribution < -0.4 is 10.1 Å². The molecule has 0 unspecified atom stereocenters. The van der Waals surface area contributed by atoms with Crippen LogP contribution in [0.25, 0.3) is 0 Å². The van der Waals surface area contributed by atoms with Gasteiger partial charge >= 0.3 is 6.18 Å². The molecule has 2 rings (SSSR count). The third-order valence-electron chi connectivity index (χ3n) is 4.66. The first-order valence-electron chi connectivity index (χ1n) is 10.5. The van der Waals surface area contributed by atoms with Gasteiger partial charge in [0.15, 0.2) is 0 Å². The first-order chi connectivity index (χ1) is 15.3. The average molecular weight is 482 g/mol. The number of hydrogen-bond donors (Lipinski definition) is 2. The number of carbonyl (C=O) groups is 1. The first kappa shape index (κ1) is 26.6. The van der Waals surface area contributed by atoms with Crippen molar-refractivity contribution >= 4 is 23.4 Å². The predicted molar refractivity (Wildman–Crippen MR) is 128 cm³/mol. The van der Waals surface area contributed by atoms with Gasteiger partial charge in [0.1, 0.15) is 11.5 Å². The van der Waals surface area contributed by atoms with Gasteiger partial charge in [-0.3, -0.25) is 4.79 Å². The molecule has 1 amide bonds. The second kappa shape index (κ2) is 11.0. The highest BCUT2D eigenvalue weighted by Gasteiger charge is 2.27. The second-order valence-electron chi connectivity index (χ2n) is 8.78. The Morgan fingerprint density at radius 1 is 1.09 bits per heavy atom. The number of alkyl halides is 3. The molecule has 0 fully saturated rings. The third-order valence-corrected chi connectivity index (χ3v) is 5.71. The Morgan fingerprint density at radius 2 is 1.79 bits per heavy atom. The van der Waals surface area contributed by atoms with Crippen molar-refractivity contribution in [3.63, 3.8) is 0 Å². The topological polar surface area (TPSA) is 58.6 Å². The van der Waals surface area contributed by atoms with Crippen LogP contribution in [0, 0.1) is 5.41 Å². The van der Waals surface area contributed by atoms with Crippen molar-refractivity contribution in [3.05, 3.63) is 65.4 Å². The van der Waals surface area contributed by atoms with Gasteiger partial charge in [0.2, 0.25) is 5.91 Å². The van der Waals surface area contributed by atoms with Crippen molar-refractivity contribution in [2.45, 2.75) is 52.5 Å². The van der Waals surface area contributed by atoms with Crippen LogP contribution in [0.2, 0.25) is 0 Å². The third kappa shape index (κ3) is 8.68. The van der Waals surface area contributed by atoms with Gasteiger partial charge in [-0.1, -0.05) is 46.4 Å². The van der Waals surface area contributed by atoms with Crippen LogP contribution >= 0.6 is 11.8 Å². The van der Waals surface area contributed by atoms with Gasteiger partial charge in [-0.15, -0.1) is 11.8 Å².